The van der Waals surface area contributed by atoms with Crippen molar-refractivity contribution in [1.29, 1.82) is 0 Å². The minimum Gasteiger partial charge on any atom is -0.421 e. The van der Waals surface area contributed by atoms with Gasteiger partial charge in [-0.15, -0.1) is 0 Å². The van der Waals surface area contributed by atoms with Crippen molar-refractivity contribution in [3.63, 3.8) is 0 Å². The van der Waals surface area contributed by atoms with E-state index in [4.69, 9.17) is 9.47 Å². The highest BCUT2D eigenvalue weighted by Crippen LogP contribution is 2.25. The molecule has 108 valence electrons. The van der Waals surface area contributed by atoms with Crippen molar-refractivity contribution in [2.75, 3.05) is 0 Å². The van der Waals surface area contributed by atoms with Gasteiger partial charge in [0.15, 0.2) is 0 Å². The Morgan fingerprint density at radius 1 is 1.10 bits per heavy atom. The number of carbonyl (C=O) groups excluding carboxylic acids is 2. The summed E-state index contributed by atoms with van der Waals surface area (Å²) in [6.45, 7) is 10.5. The first kappa shape index (κ1) is 16.0. The van der Waals surface area contributed by atoms with Gasteiger partial charge in [0.05, 0.1) is 5.56 Å². The molecule has 0 aliphatic carbocycles. The van der Waals surface area contributed by atoms with Crippen LogP contribution in [0.3, 0.4) is 0 Å². The summed E-state index contributed by atoms with van der Waals surface area (Å²) in [6.07, 6.45) is -0.973. The molecule has 0 radical (unpaired) electrons. The Balaban J connectivity index is 2.83. The van der Waals surface area contributed by atoms with E-state index in [0.717, 1.165) is 0 Å². The fraction of sp³-hybridized carbons (Fsp3) is 0.375. The van der Waals surface area contributed by atoms with E-state index < -0.39 is 23.6 Å². The number of benzene rings is 1. The Hall–Kier alpha value is -2.10. The lowest BCUT2D eigenvalue weighted by Crippen LogP contribution is -2.36. The van der Waals surface area contributed by atoms with Crippen LogP contribution in [0.15, 0.2) is 42.5 Å². The van der Waals surface area contributed by atoms with Crippen molar-refractivity contribution >= 4 is 11.9 Å². The van der Waals surface area contributed by atoms with Gasteiger partial charge < -0.3 is 9.47 Å². The van der Waals surface area contributed by atoms with Gasteiger partial charge in [-0.25, -0.2) is 9.59 Å². The molecule has 0 fully saturated rings. The molecule has 0 aromatic heterocycles. The largest absolute Gasteiger partial charge is 0.421 e. The lowest BCUT2D eigenvalue weighted by atomic mass is 9.96. The van der Waals surface area contributed by atoms with E-state index in [1.807, 2.05) is 20.8 Å². The van der Waals surface area contributed by atoms with Crippen molar-refractivity contribution < 1.29 is 19.1 Å². The fourth-order valence-electron chi connectivity index (χ4n) is 1.31. The Morgan fingerprint density at radius 3 is 2.10 bits per heavy atom. The number of ether oxygens (including phenoxy) is 2. The molecule has 0 spiro atoms. The Bertz CT molecular complexity index is 497. The highest BCUT2D eigenvalue weighted by Gasteiger charge is 2.32. The molecule has 0 heterocycles. The normalized spacial score (nSPS) is 12.4. The van der Waals surface area contributed by atoms with Gasteiger partial charge in [-0.3, -0.25) is 0 Å². The molecule has 0 amide bonds. The summed E-state index contributed by atoms with van der Waals surface area (Å²) in [5.41, 5.74) is 0.137. The topological polar surface area (TPSA) is 52.6 Å². The first-order valence-electron chi connectivity index (χ1n) is 6.34. The lowest BCUT2D eigenvalue weighted by molar-refractivity contribution is -0.182. The van der Waals surface area contributed by atoms with Crippen molar-refractivity contribution in [2.24, 2.45) is 5.41 Å². The Labute approximate surface area is 119 Å². The van der Waals surface area contributed by atoms with Crippen LogP contribution in [0.25, 0.3) is 0 Å². The minimum atomic E-state index is -0.973. The van der Waals surface area contributed by atoms with E-state index in [1.165, 1.54) is 0 Å². The molecule has 0 saturated carbocycles. The van der Waals surface area contributed by atoms with Gasteiger partial charge in [0.25, 0.3) is 6.29 Å². The van der Waals surface area contributed by atoms with Crippen molar-refractivity contribution in [1.82, 2.24) is 0 Å². The van der Waals surface area contributed by atoms with Crippen LogP contribution in [0.4, 0.5) is 0 Å². The first-order valence-corrected chi connectivity index (χ1v) is 6.34. The number of carbonyl (C=O) groups is 2. The van der Waals surface area contributed by atoms with Crippen LogP contribution >= 0.6 is 0 Å². The van der Waals surface area contributed by atoms with E-state index in [0.29, 0.717) is 5.56 Å². The third-order valence-corrected chi connectivity index (χ3v) is 2.49. The second-order valence-corrected chi connectivity index (χ2v) is 5.65. The Kier molecular flexibility index (Phi) is 5.08. The molecule has 0 aliphatic heterocycles. The summed E-state index contributed by atoms with van der Waals surface area (Å²) in [5.74, 6) is -1.11. The molecule has 0 bridgehead atoms. The summed E-state index contributed by atoms with van der Waals surface area (Å²) < 4.78 is 10.5. The van der Waals surface area contributed by atoms with E-state index >= 15 is 0 Å². The van der Waals surface area contributed by atoms with Gasteiger partial charge in [0.2, 0.25) is 0 Å². The number of hydrogen-bond acceptors (Lipinski definition) is 4. The second kappa shape index (κ2) is 6.37. The molecular weight excluding hydrogens is 256 g/mol. The second-order valence-electron chi connectivity index (χ2n) is 5.65. The number of esters is 2. The molecule has 0 aliphatic rings. The number of rotatable bonds is 4. The van der Waals surface area contributed by atoms with E-state index in [1.54, 1.807) is 37.3 Å². The highest BCUT2D eigenvalue weighted by atomic mass is 16.7. The summed E-state index contributed by atoms with van der Waals surface area (Å²) >= 11 is 0. The fourth-order valence-corrected chi connectivity index (χ4v) is 1.31. The van der Waals surface area contributed by atoms with Gasteiger partial charge >= 0.3 is 11.9 Å². The van der Waals surface area contributed by atoms with Gasteiger partial charge in [0, 0.05) is 11.0 Å². The van der Waals surface area contributed by atoms with Crippen LogP contribution in [-0.4, -0.2) is 18.2 Å². The monoisotopic (exact) mass is 276 g/mol. The van der Waals surface area contributed by atoms with Crippen LogP contribution < -0.4 is 0 Å². The summed E-state index contributed by atoms with van der Waals surface area (Å²) in [7, 11) is 0. The Morgan fingerprint density at radius 2 is 1.65 bits per heavy atom. The molecule has 0 saturated heterocycles. The molecule has 1 unspecified atom stereocenters. The minimum absolute atomic E-state index is 0.259. The predicted octanol–water partition coefficient (Wildman–Crippen LogP) is 3.33. The average Bonchev–Trinajstić information content (AvgIpc) is 2.37. The van der Waals surface area contributed by atoms with E-state index in [-0.39, 0.29) is 5.57 Å². The van der Waals surface area contributed by atoms with Gasteiger partial charge in [0.1, 0.15) is 0 Å². The SMILES string of the molecule is C=C(C)C(=O)OC(OC(=O)c1ccccc1)C(C)(C)C. The molecule has 4 heteroatoms. The first-order chi connectivity index (χ1) is 9.21. The van der Waals surface area contributed by atoms with Crippen LogP contribution in [-0.2, 0) is 14.3 Å². The standard InChI is InChI=1S/C16H20O4/c1-11(2)13(17)19-15(16(3,4)5)20-14(18)12-9-7-6-8-10-12/h6-10,15H,1H2,2-5H3. The quantitative estimate of drug-likeness (QED) is 0.481. The average molecular weight is 276 g/mol. The third kappa shape index (κ3) is 4.53. The third-order valence-electron chi connectivity index (χ3n) is 2.49. The van der Waals surface area contributed by atoms with E-state index in [2.05, 4.69) is 6.58 Å². The summed E-state index contributed by atoms with van der Waals surface area (Å²) in [6, 6.07) is 8.57. The van der Waals surface area contributed by atoms with Crippen LogP contribution in [0.1, 0.15) is 38.1 Å². The van der Waals surface area contributed by atoms with Gasteiger partial charge in [-0.1, -0.05) is 45.5 Å². The van der Waals surface area contributed by atoms with E-state index in [9.17, 15) is 9.59 Å². The van der Waals surface area contributed by atoms with Crippen LogP contribution in [0.2, 0.25) is 0 Å². The molecule has 20 heavy (non-hydrogen) atoms. The van der Waals surface area contributed by atoms with Crippen LogP contribution in [0, 0.1) is 5.41 Å². The number of hydrogen-bond donors (Lipinski definition) is 0. The molecule has 1 aromatic rings. The van der Waals surface area contributed by atoms with Crippen molar-refractivity contribution in [3.8, 4) is 0 Å². The molecule has 1 aromatic carbocycles. The summed E-state index contributed by atoms with van der Waals surface area (Å²) in [5, 5.41) is 0. The lowest BCUT2D eigenvalue weighted by Gasteiger charge is -2.29. The maximum Gasteiger partial charge on any atom is 0.341 e. The highest BCUT2D eigenvalue weighted by molar-refractivity contribution is 5.90. The maximum atomic E-state index is 12.0. The van der Waals surface area contributed by atoms with Gasteiger partial charge in [-0.2, -0.15) is 0 Å². The zero-order chi connectivity index (χ0) is 15.3. The maximum absolute atomic E-state index is 12.0. The molecular formula is C16H20O4. The van der Waals surface area contributed by atoms with Crippen LogP contribution in [0.5, 0.6) is 0 Å². The van der Waals surface area contributed by atoms with Crippen molar-refractivity contribution in [3.05, 3.63) is 48.0 Å². The molecule has 0 N–H and O–H groups in total. The molecule has 4 nitrogen and oxygen atoms in total. The van der Waals surface area contributed by atoms with Crippen molar-refractivity contribution in [2.45, 2.75) is 34.0 Å². The molecule has 1 atom stereocenters. The predicted molar refractivity (Wildman–Crippen MR) is 76.0 cm³/mol. The zero-order valence-corrected chi connectivity index (χ0v) is 12.3. The smallest absolute Gasteiger partial charge is 0.341 e. The van der Waals surface area contributed by atoms with Gasteiger partial charge in [-0.05, 0) is 19.1 Å². The zero-order valence-electron chi connectivity index (χ0n) is 12.3. The molecule has 1 rings (SSSR count). The summed E-state index contributed by atoms with van der Waals surface area (Å²) in [4.78, 5) is 23.6.